The van der Waals surface area contributed by atoms with Crippen molar-refractivity contribution in [1.82, 2.24) is 5.32 Å². The summed E-state index contributed by atoms with van der Waals surface area (Å²) in [6, 6.07) is 0. The Morgan fingerprint density at radius 2 is 2.33 bits per heavy atom. The lowest BCUT2D eigenvalue weighted by Gasteiger charge is -2.35. The van der Waals surface area contributed by atoms with E-state index in [1.54, 1.807) is 0 Å². The minimum absolute atomic E-state index is 0.480. The van der Waals surface area contributed by atoms with Crippen LogP contribution in [0.25, 0.3) is 0 Å². The molecule has 3 heteroatoms. The highest BCUT2D eigenvalue weighted by atomic mass is 35.5. The van der Waals surface area contributed by atoms with Crippen LogP contribution in [0.5, 0.6) is 0 Å². The van der Waals surface area contributed by atoms with E-state index >= 15 is 0 Å². The number of hydrogen-bond donors (Lipinski definition) is 2. The van der Waals surface area contributed by atoms with Gasteiger partial charge in [0.25, 0.3) is 0 Å². The smallest absolute Gasteiger partial charge is 0.0774 e. The minimum Gasteiger partial charge on any atom is -0.389 e. The summed E-state index contributed by atoms with van der Waals surface area (Å²) in [5.74, 6) is 1.21. The molecule has 0 aliphatic heterocycles. The van der Waals surface area contributed by atoms with Crippen molar-refractivity contribution in [3.63, 3.8) is 0 Å². The molecule has 0 radical (unpaired) electrons. The van der Waals surface area contributed by atoms with Crippen molar-refractivity contribution in [3.8, 4) is 0 Å². The van der Waals surface area contributed by atoms with Gasteiger partial charge in [0, 0.05) is 19.0 Å². The number of hydrogen-bond acceptors (Lipinski definition) is 2. The van der Waals surface area contributed by atoms with Gasteiger partial charge in [-0.3, -0.25) is 0 Å². The van der Waals surface area contributed by atoms with Gasteiger partial charge in [0.15, 0.2) is 0 Å². The molecule has 1 saturated carbocycles. The van der Waals surface area contributed by atoms with E-state index in [-0.39, 0.29) is 0 Å². The zero-order valence-corrected chi connectivity index (χ0v) is 10.3. The van der Waals surface area contributed by atoms with Gasteiger partial charge in [-0.1, -0.05) is 31.9 Å². The molecule has 2 N–H and O–H groups in total. The summed E-state index contributed by atoms with van der Waals surface area (Å²) in [6.07, 6.45) is 8.19. The summed E-state index contributed by atoms with van der Waals surface area (Å²) in [4.78, 5) is 0. The van der Waals surface area contributed by atoms with Crippen molar-refractivity contribution in [1.29, 1.82) is 0 Å². The molecule has 2 nitrogen and oxygen atoms in total. The Bertz CT molecular complexity index is 208. The average molecular weight is 232 g/mol. The molecule has 0 bridgehead atoms. The van der Waals surface area contributed by atoms with Gasteiger partial charge in [-0.05, 0) is 18.8 Å². The lowest BCUT2D eigenvalue weighted by Crippen LogP contribution is -2.44. The molecule has 88 valence electrons. The molecular formula is C12H22ClNO. The molecule has 0 spiro atoms. The van der Waals surface area contributed by atoms with Crippen molar-refractivity contribution in [2.45, 2.75) is 38.2 Å². The lowest BCUT2D eigenvalue weighted by molar-refractivity contribution is -0.0109. The Hall–Kier alpha value is -0.0500. The fourth-order valence-electron chi connectivity index (χ4n) is 2.33. The minimum atomic E-state index is -0.480. The molecule has 2 unspecified atom stereocenters. The predicted molar refractivity (Wildman–Crippen MR) is 65.3 cm³/mol. The van der Waals surface area contributed by atoms with Crippen LogP contribution in [0.1, 0.15) is 32.6 Å². The van der Waals surface area contributed by atoms with Gasteiger partial charge in [0.2, 0.25) is 0 Å². The van der Waals surface area contributed by atoms with Crippen LogP contribution < -0.4 is 5.32 Å². The molecule has 0 saturated heterocycles. The van der Waals surface area contributed by atoms with Crippen molar-refractivity contribution < 1.29 is 5.11 Å². The number of nitrogens with one attached hydrogen (secondary N) is 1. The highest BCUT2D eigenvalue weighted by molar-refractivity contribution is 6.18. The molecule has 15 heavy (non-hydrogen) atoms. The van der Waals surface area contributed by atoms with Gasteiger partial charge >= 0.3 is 0 Å². The van der Waals surface area contributed by atoms with E-state index in [0.29, 0.717) is 18.3 Å². The first-order chi connectivity index (χ1) is 7.16. The molecule has 0 aromatic heterocycles. The Morgan fingerprint density at radius 1 is 1.53 bits per heavy atom. The molecule has 2 atom stereocenters. The number of alkyl halides is 1. The van der Waals surface area contributed by atoms with E-state index in [0.717, 1.165) is 25.8 Å². The second-order valence-electron chi connectivity index (χ2n) is 4.68. The van der Waals surface area contributed by atoms with Crippen molar-refractivity contribution in [2.24, 2.45) is 5.92 Å². The van der Waals surface area contributed by atoms with E-state index < -0.39 is 5.60 Å². The first kappa shape index (κ1) is 13.0. The normalized spacial score (nSPS) is 32.3. The first-order valence-electron chi connectivity index (χ1n) is 5.80. The standard InChI is InChI=1S/C12H22ClNO/c1-11-5-4-6-12(15,9-11)10-14-8-3-2-7-13/h2-3,11,14-15H,4-10H2,1H3/b3-2+. The number of allylic oxidation sites excluding steroid dienone is 1. The topological polar surface area (TPSA) is 32.3 Å². The SMILES string of the molecule is CC1CCCC(O)(CNC/C=C/CCl)C1. The molecule has 1 fully saturated rings. The molecule has 0 heterocycles. The van der Waals surface area contributed by atoms with Gasteiger partial charge in [-0.2, -0.15) is 0 Å². The van der Waals surface area contributed by atoms with E-state index in [1.165, 1.54) is 6.42 Å². The van der Waals surface area contributed by atoms with Crippen LogP contribution in [0.15, 0.2) is 12.2 Å². The quantitative estimate of drug-likeness (QED) is 0.433. The third-order valence-electron chi connectivity index (χ3n) is 3.04. The summed E-state index contributed by atoms with van der Waals surface area (Å²) in [7, 11) is 0. The maximum absolute atomic E-state index is 10.3. The molecule has 1 aliphatic carbocycles. The summed E-state index contributed by atoms with van der Waals surface area (Å²) in [6.45, 7) is 3.71. The van der Waals surface area contributed by atoms with Crippen LogP contribution in [0, 0.1) is 5.92 Å². The fourth-order valence-corrected chi connectivity index (χ4v) is 2.45. The maximum atomic E-state index is 10.3. The summed E-state index contributed by atoms with van der Waals surface area (Å²) >= 11 is 5.51. The maximum Gasteiger partial charge on any atom is 0.0774 e. The summed E-state index contributed by atoms with van der Waals surface area (Å²) < 4.78 is 0. The van der Waals surface area contributed by atoms with E-state index in [1.807, 2.05) is 12.2 Å². The predicted octanol–water partition coefficient (Wildman–Crippen LogP) is 2.31. The van der Waals surface area contributed by atoms with E-state index in [4.69, 9.17) is 11.6 Å². The van der Waals surface area contributed by atoms with Gasteiger partial charge < -0.3 is 10.4 Å². The molecular weight excluding hydrogens is 210 g/mol. The fraction of sp³-hybridized carbons (Fsp3) is 0.833. The molecule has 0 aromatic carbocycles. The van der Waals surface area contributed by atoms with Crippen LogP contribution in [0.3, 0.4) is 0 Å². The van der Waals surface area contributed by atoms with Gasteiger partial charge in [-0.15, -0.1) is 11.6 Å². The highest BCUT2D eigenvalue weighted by Gasteiger charge is 2.31. The third kappa shape index (κ3) is 5.01. The van der Waals surface area contributed by atoms with Crippen LogP contribution in [-0.4, -0.2) is 29.7 Å². The number of halogens is 1. The van der Waals surface area contributed by atoms with Crippen molar-refractivity contribution in [3.05, 3.63) is 12.2 Å². The Balaban J connectivity index is 2.20. The monoisotopic (exact) mass is 231 g/mol. The Labute approximate surface area is 97.7 Å². The van der Waals surface area contributed by atoms with Gasteiger partial charge in [0.05, 0.1) is 5.60 Å². The Kier molecular flexibility index (Phi) is 5.65. The highest BCUT2D eigenvalue weighted by Crippen LogP contribution is 2.31. The van der Waals surface area contributed by atoms with Crippen molar-refractivity contribution >= 4 is 11.6 Å². The number of rotatable bonds is 5. The van der Waals surface area contributed by atoms with Crippen LogP contribution >= 0.6 is 11.6 Å². The zero-order valence-electron chi connectivity index (χ0n) is 9.51. The lowest BCUT2D eigenvalue weighted by atomic mass is 9.79. The molecule has 1 aliphatic rings. The largest absolute Gasteiger partial charge is 0.389 e. The van der Waals surface area contributed by atoms with E-state index in [9.17, 15) is 5.11 Å². The van der Waals surface area contributed by atoms with Gasteiger partial charge in [0.1, 0.15) is 0 Å². The average Bonchev–Trinajstić information content (AvgIpc) is 2.17. The second-order valence-corrected chi connectivity index (χ2v) is 4.99. The number of aliphatic hydroxyl groups is 1. The Morgan fingerprint density at radius 3 is 3.00 bits per heavy atom. The van der Waals surface area contributed by atoms with Crippen molar-refractivity contribution in [2.75, 3.05) is 19.0 Å². The summed E-state index contributed by atoms with van der Waals surface area (Å²) in [5, 5.41) is 13.5. The molecule has 1 rings (SSSR count). The molecule has 0 aromatic rings. The van der Waals surface area contributed by atoms with Crippen LogP contribution in [0.4, 0.5) is 0 Å². The third-order valence-corrected chi connectivity index (χ3v) is 3.22. The zero-order chi connectivity index (χ0) is 11.1. The van der Waals surface area contributed by atoms with E-state index in [2.05, 4.69) is 12.2 Å². The summed E-state index contributed by atoms with van der Waals surface area (Å²) in [5.41, 5.74) is -0.480. The van der Waals surface area contributed by atoms with Crippen LogP contribution in [-0.2, 0) is 0 Å². The van der Waals surface area contributed by atoms with Gasteiger partial charge in [-0.25, -0.2) is 0 Å². The van der Waals surface area contributed by atoms with Crippen LogP contribution in [0.2, 0.25) is 0 Å². The first-order valence-corrected chi connectivity index (χ1v) is 6.34. The molecule has 0 amide bonds. The second kappa shape index (κ2) is 6.51.